The summed E-state index contributed by atoms with van der Waals surface area (Å²) in [5, 5.41) is 12.7. The summed E-state index contributed by atoms with van der Waals surface area (Å²) in [5.74, 6) is 1.41. The number of furan rings is 2. The maximum absolute atomic E-state index is 6.74. The van der Waals surface area contributed by atoms with Gasteiger partial charge in [0.05, 0.1) is 0 Å². The SMILES string of the molecule is c1ccc(C2=NC(c3ccc(-c4cccc5c4oc4ccccc45)c4oc5ccccc5c34)=NC(c3ccc4c(ccc5ccccc54)c3)N2)cc1. The van der Waals surface area contributed by atoms with E-state index in [9.17, 15) is 0 Å². The average Bonchev–Trinajstić information content (AvgIpc) is 3.80. The van der Waals surface area contributed by atoms with Crippen molar-refractivity contribution in [3.05, 3.63) is 180 Å². The van der Waals surface area contributed by atoms with Gasteiger partial charge in [0.1, 0.15) is 34.3 Å². The molecule has 0 spiro atoms. The number of hydrogen-bond acceptors (Lipinski definition) is 5. The first-order chi connectivity index (χ1) is 25.8. The number of aliphatic imine (C=N–C) groups is 2. The second-order valence-electron chi connectivity index (χ2n) is 13.3. The van der Waals surface area contributed by atoms with Crippen molar-refractivity contribution < 1.29 is 8.83 Å². The first-order valence-corrected chi connectivity index (χ1v) is 17.5. The van der Waals surface area contributed by atoms with Crippen LogP contribution in [0.25, 0.3) is 76.5 Å². The van der Waals surface area contributed by atoms with Crippen molar-refractivity contribution in [1.29, 1.82) is 0 Å². The Balaban J connectivity index is 1.13. The third kappa shape index (κ3) is 4.42. The van der Waals surface area contributed by atoms with Crippen LogP contribution in [-0.2, 0) is 0 Å². The van der Waals surface area contributed by atoms with Gasteiger partial charge in [-0.3, -0.25) is 0 Å². The van der Waals surface area contributed by atoms with E-state index in [0.29, 0.717) is 5.84 Å². The van der Waals surface area contributed by atoms with Crippen molar-refractivity contribution >= 4 is 77.1 Å². The molecule has 10 aromatic rings. The smallest absolute Gasteiger partial charge is 0.160 e. The molecule has 1 atom stereocenters. The third-order valence-corrected chi connectivity index (χ3v) is 10.3. The maximum atomic E-state index is 6.74. The van der Waals surface area contributed by atoms with Crippen LogP contribution in [0.15, 0.2) is 183 Å². The molecule has 5 heteroatoms. The molecular weight excluding hydrogens is 639 g/mol. The largest absolute Gasteiger partial charge is 0.455 e. The van der Waals surface area contributed by atoms with Crippen LogP contribution >= 0.6 is 0 Å². The molecule has 1 N–H and O–H groups in total. The van der Waals surface area contributed by atoms with Crippen LogP contribution in [0.1, 0.15) is 22.9 Å². The predicted molar refractivity (Wildman–Crippen MR) is 213 cm³/mol. The zero-order valence-corrected chi connectivity index (χ0v) is 27.9. The van der Waals surface area contributed by atoms with Crippen LogP contribution in [0, 0.1) is 0 Å². The topological polar surface area (TPSA) is 63.0 Å². The number of benzene rings is 8. The highest BCUT2D eigenvalue weighted by molar-refractivity contribution is 6.24. The lowest BCUT2D eigenvalue weighted by Gasteiger charge is -2.24. The highest BCUT2D eigenvalue weighted by Gasteiger charge is 2.26. The van der Waals surface area contributed by atoms with Crippen molar-refractivity contribution in [3.8, 4) is 11.1 Å². The van der Waals surface area contributed by atoms with Gasteiger partial charge in [-0.1, -0.05) is 133 Å². The van der Waals surface area contributed by atoms with Gasteiger partial charge in [0.15, 0.2) is 5.84 Å². The van der Waals surface area contributed by atoms with E-state index in [1.807, 2.05) is 48.5 Å². The zero-order valence-electron chi connectivity index (χ0n) is 27.9. The number of nitrogens with zero attached hydrogens (tertiary/aromatic N) is 2. The summed E-state index contributed by atoms with van der Waals surface area (Å²) in [5.41, 5.74) is 8.19. The van der Waals surface area contributed by atoms with E-state index in [2.05, 4.69) is 121 Å². The Bertz CT molecular complexity index is 3110. The molecule has 0 amide bonds. The normalized spacial score (nSPS) is 14.7. The van der Waals surface area contributed by atoms with E-state index in [-0.39, 0.29) is 6.17 Å². The van der Waals surface area contributed by atoms with Crippen LogP contribution in [-0.4, -0.2) is 11.7 Å². The lowest BCUT2D eigenvalue weighted by Crippen LogP contribution is -2.33. The molecular formula is C47H29N3O2. The molecule has 0 saturated heterocycles. The molecule has 5 nitrogen and oxygen atoms in total. The Hall–Kier alpha value is -6.98. The number of nitrogens with one attached hydrogen (secondary N) is 1. The molecule has 0 bridgehead atoms. The van der Waals surface area contributed by atoms with Gasteiger partial charge in [-0.25, -0.2) is 9.98 Å². The number of fused-ring (bicyclic) bond motifs is 9. The molecule has 2 aromatic heterocycles. The third-order valence-electron chi connectivity index (χ3n) is 10.3. The zero-order chi connectivity index (χ0) is 34.2. The molecule has 1 aliphatic heterocycles. The van der Waals surface area contributed by atoms with E-state index in [1.165, 1.54) is 21.5 Å². The van der Waals surface area contributed by atoms with Crippen LogP contribution in [0.2, 0.25) is 0 Å². The summed E-state index contributed by atoms with van der Waals surface area (Å²) in [6.07, 6.45) is -0.365. The summed E-state index contributed by atoms with van der Waals surface area (Å²) in [4.78, 5) is 10.6. The van der Waals surface area contributed by atoms with Gasteiger partial charge in [0.2, 0.25) is 0 Å². The van der Waals surface area contributed by atoms with Crippen molar-refractivity contribution in [2.24, 2.45) is 9.98 Å². The minimum atomic E-state index is -0.365. The lowest BCUT2D eigenvalue weighted by molar-refractivity contribution is 0.665. The van der Waals surface area contributed by atoms with Gasteiger partial charge < -0.3 is 14.2 Å². The Morgan fingerprint density at radius 2 is 1.12 bits per heavy atom. The Kier molecular flexibility index (Phi) is 6.25. The van der Waals surface area contributed by atoms with Gasteiger partial charge in [-0.05, 0) is 57.4 Å². The Labute approximate surface area is 298 Å². The van der Waals surface area contributed by atoms with Crippen molar-refractivity contribution in [1.82, 2.24) is 5.32 Å². The predicted octanol–water partition coefficient (Wildman–Crippen LogP) is 12.0. The number of rotatable bonds is 4. The van der Waals surface area contributed by atoms with E-state index in [1.54, 1.807) is 0 Å². The minimum Gasteiger partial charge on any atom is -0.455 e. The number of para-hydroxylation sites is 3. The fraction of sp³-hybridized carbons (Fsp3) is 0.0213. The summed E-state index contributed by atoms with van der Waals surface area (Å²) >= 11 is 0. The fourth-order valence-electron chi connectivity index (χ4n) is 7.87. The van der Waals surface area contributed by atoms with Gasteiger partial charge in [-0.2, -0.15) is 0 Å². The fourth-order valence-corrected chi connectivity index (χ4v) is 7.87. The van der Waals surface area contributed by atoms with Crippen LogP contribution < -0.4 is 5.32 Å². The summed E-state index contributed by atoms with van der Waals surface area (Å²) in [7, 11) is 0. The van der Waals surface area contributed by atoms with E-state index in [0.717, 1.165) is 77.5 Å². The summed E-state index contributed by atoms with van der Waals surface area (Å²) < 4.78 is 13.2. The Morgan fingerprint density at radius 3 is 2.00 bits per heavy atom. The van der Waals surface area contributed by atoms with Crippen LogP contribution in [0.4, 0.5) is 0 Å². The molecule has 8 aromatic carbocycles. The molecule has 0 radical (unpaired) electrons. The first-order valence-electron chi connectivity index (χ1n) is 17.5. The van der Waals surface area contributed by atoms with Crippen molar-refractivity contribution in [2.45, 2.75) is 6.17 Å². The summed E-state index contributed by atoms with van der Waals surface area (Å²) in [6, 6.07) is 56.8. The molecule has 0 saturated carbocycles. The van der Waals surface area contributed by atoms with E-state index < -0.39 is 0 Å². The second-order valence-corrected chi connectivity index (χ2v) is 13.3. The maximum Gasteiger partial charge on any atom is 0.160 e. The van der Waals surface area contributed by atoms with Crippen LogP contribution in [0.3, 0.4) is 0 Å². The Morgan fingerprint density at radius 1 is 0.462 bits per heavy atom. The van der Waals surface area contributed by atoms with Gasteiger partial charge in [-0.15, -0.1) is 0 Å². The number of hydrogen-bond donors (Lipinski definition) is 1. The van der Waals surface area contributed by atoms with Crippen molar-refractivity contribution in [3.63, 3.8) is 0 Å². The minimum absolute atomic E-state index is 0.365. The van der Waals surface area contributed by atoms with Gasteiger partial charge >= 0.3 is 0 Å². The first kappa shape index (κ1) is 28.8. The van der Waals surface area contributed by atoms with Crippen LogP contribution in [0.5, 0.6) is 0 Å². The lowest BCUT2D eigenvalue weighted by atomic mass is 9.96. The summed E-state index contributed by atoms with van der Waals surface area (Å²) in [6.45, 7) is 0. The second kappa shape index (κ2) is 11.3. The quantitative estimate of drug-likeness (QED) is 0.190. The molecule has 52 heavy (non-hydrogen) atoms. The molecule has 11 rings (SSSR count). The average molecular weight is 668 g/mol. The molecule has 0 aliphatic carbocycles. The standard InChI is InChI=1S/C47H29N3O2/c1-2-12-29(13-3-1)45-48-46(31-23-24-33-30(27-31)22-21-28-11-4-5-14-32(28)33)50-47(49-45)39-26-25-37(44-42(39)38-16-7-9-20-41(38)52-44)36-18-10-17-35-34-15-6-8-19-40(34)51-43(35)36/h1-27,46H,(H,48,49,50). The molecule has 0 fully saturated rings. The molecule has 244 valence electrons. The number of amidine groups is 2. The van der Waals surface area contributed by atoms with Gasteiger partial charge in [0, 0.05) is 43.8 Å². The molecule has 1 aliphatic rings. The molecule has 1 unspecified atom stereocenters. The highest BCUT2D eigenvalue weighted by Crippen LogP contribution is 2.43. The van der Waals surface area contributed by atoms with E-state index in [4.69, 9.17) is 18.8 Å². The van der Waals surface area contributed by atoms with Gasteiger partial charge in [0.25, 0.3) is 0 Å². The van der Waals surface area contributed by atoms with E-state index >= 15 is 0 Å². The molecule has 3 heterocycles. The highest BCUT2D eigenvalue weighted by atomic mass is 16.3. The van der Waals surface area contributed by atoms with Crippen molar-refractivity contribution in [2.75, 3.05) is 0 Å². The monoisotopic (exact) mass is 667 g/mol.